The van der Waals surface area contributed by atoms with Crippen molar-refractivity contribution in [3.63, 3.8) is 0 Å². The molecule has 0 aliphatic heterocycles. The molecule has 0 amide bonds. The van der Waals surface area contributed by atoms with Crippen LogP contribution in [0.25, 0.3) is 0 Å². The number of carboxylic acids is 1. The smallest absolute Gasteiger partial charge is 0.306 e. The van der Waals surface area contributed by atoms with Crippen molar-refractivity contribution >= 4 is 5.97 Å². The van der Waals surface area contributed by atoms with Gasteiger partial charge < -0.3 is 5.11 Å². The van der Waals surface area contributed by atoms with Gasteiger partial charge in [-0.1, -0.05) is 75.5 Å². The zero-order valence-corrected chi connectivity index (χ0v) is 16.2. The first-order valence-corrected chi connectivity index (χ1v) is 10.4. The second-order valence-electron chi connectivity index (χ2n) is 7.27. The molecule has 1 aliphatic rings. The molecule has 25 heavy (non-hydrogen) atoms. The zero-order chi connectivity index (χ0) is 18.2. The lowest BCUT2D eigenvalue weighted by Gasteiger charge is -2.10. The van der Waals surface area contributed by atoms with Crippen LogP contribution in [0.5, 0.6) is 0 Å². The van der Waals surface area contributed by atoms with Gasteiger partial charge in [-0.05, 0) is 57.3 Å². The lowest BCUT2D eigenvalue weighted by Crippen LogP contribution is -2.15. The van der Waals surface area contributed by atoms with E-state index < -0.39 is 5.97 Å². The van der Waals surface area contributed by atoms with Crippen LogP contribution in [0.2, 0.25) is 0 Å². The van der Waals surface area contributed by atoms with Crippen LogP contribution in [0, 0.1) is 11.8 Å². The molecule has 1 atom stereocenters. The number of carboxylic acid groups (broad SMARTS) is 1. The molecule has 0 spiro atoms. The van der Waals surface area contributed by atoms with Gasteiger partial charge in [-0.3, -0.25) is 4.79 Å². The number of hydrogen-bond acceptors (Lipinski definition) is 1. The molecule has 0 heterocycles. The van der Waals surface area contributed by atoms with Crippen LogP contribution >= 0.6 is 0 Å². The van der Waals surface area contributed by atoms with E-state index in [9.17, 15) is 9.90 Å². The molecule has 1 saturated carbocycles. The highest BCUT2D eigenvalue weighted by Crippen LogP contribution is 2.39. The van der Waals surface area contributed by atoms with Gasteiger partial charge >= 0.3 is 5.97 Å². The molecular weight excluding hydrogens is 308 g/mol. The van der Waals surface area contributed by atoms with Crippen molar-refractivity contribution < 1.29 is 9.90 Å². The summed E-state index contributed by atoms with van der Waals surface area (Å²) in [6.07, 6.45) is 28.4. The summed E-state index contributed by atoms with van der Waals surface area (Å²) in [5, 5.41) is 9.20. The van der Waals surface area contributed by atoms with Gasteiger partial charge in [0.2, 0.25) is 0 Å². The van der Waals surface area contributed by atoms with Crippen molar-refractivity contribution in [2.75, 3.05) is 0 Å². The number of hydrogen-bond donors (Lipinski definition) is 1. The Morgan fingerprint density at radius 2 is 1.44 bits per heavy atom. The van der Waals surface area contributed by atoms with E-state index in [4.69, 9.17) is 0 Å². The van der Waals surface area contributed by atoms with Gasteiger partial charge in [0.05, 0.1) is 5.92 Å². The van der Waals surface area contributed by atoms with Crippen molar-refractivity contribution in [2.45, 2.75) is 90.4 Å². The van der Waals surface area contributed by atoms with Crippen molar-refractivity contribution in [1.29, 1.82) is 0 Å². The maximum absolute atomic E-state index is 11.2. The summed E-state index contributed by atoms with van der Waals surface area (Å²) >= 11 is 0. The second kappa shape index (κ2) is 15.0. The Bertz CT molecular complexity index is 416. The molecule has 0 aromatic rings. The fourth-order valence-electron chi connectivity index (χ4n) is 3.22. The van der Waals surface area contributed by atoms with E-state index in [0.717, 1.165) is 44.9 Å². The summed E-state index contributed by atoms with van der Waals surface area (Å²) in [6, 6.07) is 0. The second-order valence-corrected chi connectivity index (χ2v) is 7.27. The molecule has 1 aliphatic carbocycles. The quantitative estimate of drug-likeness (QED) is 0.239. The third kappa shape index (κ3) is 12.7. The molecule has 142 valence electrons. The Hall–Kier alpha value is -1.31. The van der Waals surface area contributed by atoms with E-state index in [-0.39, 0.29) is 5.92 Å². The molecule has 0 bridgehead atoms. The minimum absolute atomic E-state index is 0.0538. The molecule has 0 aromatic carbocycles. The summed E-state index contributed by atoms with van der Waals surface area (Å²) in [5.74, 6) is -0.129. The molecule has 1 unspecified atom stereocenters. The number of rotatable bonds is 16. The summed E-state index contributed by atoms with van der Waals surface area (Å²) in [5.41, 5.74) is 0. The normalized spacial score (nSPS) is 16.4. The topological polar surface area (TPSA) is 37.3 Å². The fourth-order valence-corrected chi connectivity index (χ4v) is 3.22. The van der Waals surface area contributed by atoms with E-state index in [0.29, 0.717) is 5.92 Å². The van der Waals surface area contributed by atoms with Crippen LogP contribution in [0.4, 0.5) is 0 Å². The minimum Gasteiger partial charge on any atom is -0.481 e. The molecule has 2 nitrogen and oxygen atoms in total. The molecule has 1 N–H and O–H groups in total. The monoisotopic (exact) mass is 346 g/mol. The highest BCUT2D eigenvalue weighted by Gasteiger charge is 2.35. The lowest BCUT2D eigenvalue weighted by atomic mass is 9.96. The Labute approximate surface area is 155 Å². The molecule has 2 heteroatoms. The highest BCUT2D eigenvalue weighted by molar-refractivity contribution is 5.70. The van der Waals surface area contributed by atoms with Crippen LogP contribution in [-0.4, -0.2) is 11.1 Å². The number of allylic oxidation sites excluding steroid dienone is 6. The average molecular weight is 347 g/mol. The Balaban J connectivity index is 1.84. The van der Waals surface area contributed by atoms with E-state index >= 15 is 0 Å². The van der Waals surface area contributed by atoms with Crippen LogP contribution in [-0.2, 0) is 4.79 Å². The van der Waals surface area contributed by atoms with Gasteiger partial charge in [-0.25, -0.2) is 0 Å². The molecule has 0 aromatic heterocycles. The predicted octanol–water partition coefficient (Wildman–Crippen LogP) is 7.08. The van der Waals surface area contributed by atoms with Crippen molar-refractivity contribution in [2.24, 2.45) is 11.8 Å². The highest BCUT2D eigenvalue weighted by atomic mass is 16.4. The third-order valence-corrected chi connectivity index (χ3v) is 4.92. The van der Waals surface area contributed by atoms with Crippen LogP contribution < -0.4 is 0 Å². The first-order chi connectivity index (χ1) is 12.3. The predicted molar refractivity (Wildman–Crippen MR) is 108 cm³/mol. The van der Waals surface area contributed by atoms with Crippen molar-refractivity contribution in [3.8, 4) is 0 Å². The number of unbranched alkanes of at least 4 members (excludes halogenated alkanes) is 6. The number of aliphatic carboxylic acids is 1. The largest absolute Gasteiger partial charge is 0.481 e. The molecule has 0 radical (unpaired) electrons. The van der Waals surface area contributed by atoms with E-state index in [1.54, 1.807) is 0 Å². The van der Waals surface area contributed by atoms with E-state index in [1.807, 2.05) is 0 Å². The summed E-state index contributed by atoms with van der Waals surface area (Å²) in [4.78, 5) is 11.2. The van der Waals surface area contributed by atoms with E-state index in [1.165, 1.54) is 38.5 Å². The minimum atomic E-state index is -0.568. The Morgan fingerprint density at radius 3 is 2.04 bits per heavy atom. The van der Waals surface area contributed by atoms with Gasteiger partial charge in [0, 0.05) is 0 Å². The van der Waals surface area contributed by atoms with Crippen molar-refractivity contribution in [3.05, 3.63) is 36.5 Å². The van der Waals surface area contributed by atoms with Gasteiger partial charge in [0.1, 0.15) is 0 Å². The third-order valence-electron chi connectivity index (χ3n) is 4.92. The van der Waals surface area contributed by atoms with Crippen LogP contribution in [0.1, 0.15) is 90.4 Å². The first-order valence-electron chi connectivity index (χ1n) is 10.4. The SMILES string of the molecule is CC/C=C/C/C=C/C/C=C/CCCCCCCCC(C(=O)O)C1CC1. The summed E-state index contributed by atoms with van der Waals surface area (Å²) in [6.45, 7) is 2.16. The van der Waals surface area contributed by atoms with Crippen LogP contribution in [0.15, 0.2) is 36.5 Å². The van der Waals surface area contributed by atoms with Crippen LogP contribution in [0.3, 0.4) is 0 Å². The Kier molecular flexibility index (Phi) is 13.0. The molecule has 0 saturated heterocycles. The fraction of sp³-hybridized carbons (Fsp3) is 0.696. The molecule has 1 rings (SSSR count). The van der Waals surface area contributed by atoms with Gasteiger partial charge in [-0.2, -0.15) is 0 Å². The zero-order valence-electron chi connectivity index (χ0n) is 16.2. The summed E-state index contributed by atoms with van der Waals surface area (Å²) in [7, 11) is 0. The maximum atomic E-state index is 11.2. The maximum Gasteiger partial charge on any atom is 0.306 e. The van der Waals surface area contributed by atoms with E-state index in [2.05, 4.69) is 43.4 Å². The lowest BCUT2D eigenvalue weighted by molar-refractivity contribution is -0.142. The molecule has 1 fully saturated rings. The summed E-state index contributed by atoms with van der Waals surface area (Å²) < 4.78 is 0. The number of carbonyl (C=O) groups is 1. The standard InChI is InChI=1S/C23H38O2/c1-2-3-4-5-6-7-8-9-10-11-12-13-14-15-16-17-18-22(23(24)25)21-19-20-21/h3-4,6-7,9-10,21-22H,2,5,8,11-20H2,1H3,(H,24,25)/b4-3+,7-6+,10-9+. The van der Waals surface area contributed by atoms with Gasteiger partial charge in [0.15, 0.2) is 0 Å². The molecular formula is C23H38O2. The average Bonchev–Trinajstić information content (AvgIpc) is 3.42. The van der Waals surface area contributed by atoms with Gasteiger partial charge in [-0.15, -0.1) is 0 Å². The van der Waals surface area contributed by atoms with Gasteiger partial charge in [0.25, 0.3) is 0 Å². The van der Waals surface area contributed by atoms with Crippen molar-refractivity contribution in [1.82, 2.24) is 0 Å². The Morgan fingerprint density at radius 1 is 0.880 bits per heavy atom. The first kappa shape index (κ1) is 21.7.